The number of nitrogens with two attached hydrogens (primary N) is 1. The van der Waals surface area contributed by atoms with Gasteiger partial charge in [-0.1, -0.05) is 30.3 Å². The molecule has 10 nitrogen and oxygen atoms in total. The number of amides is 4. The fourth-order valence-electron chi connectivity index (χ4n) is 6.95. The largest absolute Gasteiger partial charge is 0.383 e. The molecule has 4 amide bonds. The van der Waals surface area contributed by atoms with Gasteiger partial charge in [-0.05, 0) is 55.2 Å². The van der Waals surface area contributed by atoms with Crippen LogP contribution in [0.2, 0.25) is 0 Å². The molecule has 3 aromatic rings. The minimum absolute atomic E-state index is 0.115. The molecule has 2 aromatic carbocycles. The lowest BCUT2D eigenvalue weighted by Gasteiger charge is -2.41. The maximum atomic E-state index is 13.2. The van der Waals surface area contributed by atoms with E-state index in [0.717, 1.165) is 48.2 Å². The topological polar surface area (TPSA) is 129 Å². The molecule has 3 unspecified atom stereocenters. The van der Waals surface area contributed by atoms with E-state index in [1.165, 1.54) is 0 Å². The Morgan fingerprint density at radius 2 is 1.71 bits per heavy atom. The molecule has 7 rings (SSSR count). The third-order valence-corrected chi connectivity index (χ3v) is 9.04. The molecule has 0 spiro atoms. The third kappa shape index (κ3) is 4.61. The molecule has 3 atom stereocenters. The summed E-state index contributed by atoms with van der Waals surface area (Å²) in [5, 5.41) is 2.34. The number of aromatic nitrogens is 1. The van der Waals surface area contributed by atoms with Crippen molar-refractivity contribution in [1.82, 2.24) is 25.0 Å². The van der Waals surface area contributed by atoms with Gasteiger partial charge >= 0.3 is 0 Å². The summed E-state index contributed by atoms with van der Waals surface area (Å²) in [6, 6.07) is 18.8. The Balaban J connectivity index is 1.03. The molecule has 0 aliphatic carbocycles. The first-order valence-electron chi connectivity index (χ1n) is 14.5. The molecule has 3 fully saturated rings. The number of carbonyl (C=O) groups excluding carboxylic acids is 4. The van der Waals surface area contributed by atoms with Gasteiger partial charge in [-0.2, -0.15) is 0 Å². The molecule has 1 aromatic heterocycles. The van der Waals surface area contributed by atoms with Crippen molar-refractivity contribution in [3.8, 4) is 11.3 Å². The molecule has 0 radical (unpaired) electrons. The lowest BCUT2D eigenvalue weighted by Crippen LogP contribution is -2.55. The first-order valence-corrected chi connectivity index (χ1v) is 14.5. The van der Waals surface area contributed by atoms with Crippen molar-refractivity contribution in [3.63, 3.8) is 0 Å². The van der Waals surface area contributed by atoms with Gasteiger partial charge in [-0.25, -0.2) is 4.98 Å². The van der Waals surface area contributed by atoms with Crippen molar-refractivity contribution in [2.75, 3.05) is 18.8 Å². The number of nitrogens with one attached hydrogen (secondary N) is 1. The monoisotopic (exact) mass is 564 g/mol. The first kappa shape index (κ1) is 26.3. The zero-order chi connectivity index (χ0) is 29.0. The molecular weight excluding hydrogens is 532 g/mol. The summed E-state index contributed by atoms with van der Waals surface area (Å²) in [5.41, 5.74) is 11.1. The Morgan fingerprint density at radius 1 is 0.952 bits per heavy atom. The van der Waals surface area contributed by atoms with Gasteiger partial charge in [0.2, 0.25) is 11.8 Å². The molecule has 42 heavy (non-hydrogen) atoms. The van der Waals surface area contributed by atoms with Crippen LogP contribution in [-0.2, 0) is 22.7 Å². The van der Waals surface area contributed by atoms with Crippen LogP contribution < -0.4 is 11.1 Å². The number of benzene rings is 2. The van der Waals surface area contributed by atoms with E-state index >= 15 is 0 Å². The number of imide groups is 1. The van der Waals surface area contributed by atoms with E-state index in [2.05, 4.69) is 15.1 Å². The minimum atomic E-state index is -0.646. The van der Waals surface area contributed by atoms with Crippen LogP contribution in [-0.4, -0.2) is 74.5 Å². The molecule has 4 aliphatic rings. The number of nitrogens with zero attached hydrogens (tertiary/aromatic N) is 4. The summed E-state index contributed by atoms with van der Waals surface area (Å²) in [4.78, 5) is 60.8. The summed E-state index contributed by atoms with van der Waals surface area (Å²) >= 11 is 0. The number of nitrogen functional groups attached to an aromatic ring is 1. The maximum Gasteiger partial charge on any atom is 0.255 e. The van der Waals surface area contributed by atoms with Crippen molar-refractivity contribution >= 4 is 29.4 Å². The predicted octanol–water partition coefficient (Wildman–Crippen LogP) is 2.58. The van der Waals surface area contributed by atoms with Crippen LogP contribution in [0.1, 0.15) is 57.5 Å². The Kier molecular flexibility index (Phi) is 6.50. The number of anilines is 1. The summed E-state index contributed by atoms with van der Waals surface area (Å²) in [6.07, 6.45) is 2.57. The minimum Gasteiger partial charge on any atom is -0.383 e. The van der Waals surface area contributed by atoms with E-state index in [0.29, 0.717) is 36.6 Å². The van der Waals surface area contributed by atoms with Crippen LogP contribution >= 0.6 is 0 Å². The van der Waals surface area contributed by atoms with Crippen molar-refractivity contribution < 1.29 is 19.2 Å². The van der Waals surface area contributed by atoms with Crippen molar-refractivity contribution in [3.05, 3.63) is 82.9 Å². The summed E-state index contributed by atoms with van der Waals surface area (Å²) in [5.74, 6) is -0.347. The molecular formula is C32H32N6O4. The highest BCUT2D eigenvalue weighted by atomic mass is 16.2. The van der Waals surface area contributed by atoms with Crippen LogP contribution in [0.4, 0.5) is 5.82 Å². The number of likely N-dealkylation sites (tertiary alicyclic amines) is 1. The summed E-state index contributed by atoms with van der Waals surface area (Å²) in [7, 11) is 0. The highest BCUT2D eigenvalue weighted by molar-refractivity contribution is 6.05. The van der Waals surface area contributed by atoms with Gasteiger partial charge in [0.25, 0.3) is 11.8 Å². The van der Waals surface area contributed by atoms with E-state index < -0.39 is 11.9 Å². The van der Waals surface area contributed by atoms with Gasteiger partial charge in [0.1, 0.15) is 11.9 Å². The van der Waals surface area contributed by atoms with Crippen LogP contribution in [0.25, 0.3) is 11.3 Å². The second kappa shape index (κ2) is 10.4. The first-order chi connectivity index (χ1) is 20.4. The maximum absolute atomic E-state index is 13.2. The van der Waals surface area contributed by atoms with E-state index in [-0.39, 0.29) is 36.2 Å². The van der Waals surface area contributed by atoms with E-state index in [4.69, 9.17) is 10.7 Å². The van der Waals surface area contributed by atoms with Crippen LogP contribution in [0, 0.1) is 0 Å². The number of fused-ring (bicyclic) bond motifs is 3. The highest BCUT2D eigenvalue weighted by Crippen LogP contribution is 2.34. The van der Waals surface area contributed by atoms with Gasteiger partial charge in [0.15, 0.2) is 0 Å². The van der Waals surface area contributed by atoms with Crippen molar-refractivity contribution in [2.24, 2.45) is 0 Å². The number of rotatable bonds is 5. The fourth-order valence-corrected chi connectivity index (χ4v) is 6.95. The van der Waals surface area contributed by atoms with Gasteiger partial charge < -0.3 is 15.5 Å². The average Bonchev–Trinajstić information content (AvgIpc) is 3.46. The molecule has 0 saturated carbocycles. The molecule has 2 bridgehead atoms. The normalized spacial score (nSPS) is 23.7. The third-order valence-electron chi connectivity index (χ3n) is 9.04. The van der Waals surface area contributed by atoms with E-state index in [9.17, 15) is 19.2 Å². The zero-order valence-corrected chi connectivity index (χ0v) is 23.2. The standard InChI is InChI=1S/C32H32N6O4/c33-29-21(15-36-17-23-8-9-24(18-36)38(23)31(41)19-4-2-1-3-5-19)7-11-26(34-29)20-6-10-25-22(14-20)16-37(32(25)42)27-12-13-28(39)35-30(27)40/h1-7,10-11,14,23-24,27H,8-9,12-13,15-18H2,(H2,33,34)(H,35,39,40). The number of pyridine rings is 1. The SMILES string of the molecule is Nc1nc(-c2ccc3c(c2)CN(C2CCC(=O)NC2=O)C3=O)ccc1CN1CC2CCC(C1)N2C(=O)c1ccccc1. The second-order valence-electron chi connectivity index (χ2n) is 11.7. The fraction of sp³-hybridized carbons (Fsp3) is 0.344. The molecule has 4 aliphatic heterocycles. The number of carbonyl (C=O) groups is 4. The van der Waals surface area contributed by atoms with Crippen LogP contribution in [0.5, 0.6) is 0 Å². The Morgan fingerprint density at radius 3 is 2.43 bits per heavy atom. The van der Waals surface area contributed by atoms with Crippen LogP contribution in [0.3, 0.4) is 0 Å². The van der Waals surface area contributed by atoms with E-state index in [1.807, 2.05) is 54.6 Å². The lowest BCUT2D eigenvalue weighted by molar-refractivity contribution is -0.136. The number of piperazine rings is 1. The summed E-state index contributed by atoms with van der Waals surface area (Å²) in [6.45, 7) is 2.58. The smallest absolute Gasteiger partial charge is 0.255 e. The summed E-state index contributed by atoms with van der Waals surface area (Å²) < 4.78 is 0. The number of piperidine rings is 1. The van der Waals surface area contributed by atoms with Gasteiger partial charge in [-0.3, -0.25) is 29.4 Å². The van der Waals surface area contributed by atoms with Crippen molar-refractivity contribution in [2.45, 2.75) is 56.9 Å². The zero-order valence-electron chi connectivity index (χ0n) is 23.2. The Bertz CT molecular complexity index is 1590. The molecule has 3 saturated heterocycles. The van der Waals surface area contributed by atoms with Crippen molar-refractivity contribution in [1.29, 1.82) is 0 Å². The molecule has 10 heteroatoms. The Labute approximate surface area is 243 Å². The van der Waals surface area contributed by atoms with Crippen LogP contribution in [0.15, 0.2) is 60.7 Å². The molecule has 3 N–H and O–H groups in total. The van der Waals surface area contributed by atoms with Gasteiger partial charge in [0, 0.05) is 66.9 Å². The van der Waals surface area contributed by atoms with E-state index in [1.54, 1.807) is 11.0 Å². The Hall–Kier alpha value is -4.57. The highest BCUT2D eigenvalue weighted by Gasteiger charge is 2.43. The average molecular weight is 565 g/mol. The number of hydrogen-bond acceptors (Lipinski definition) is 7. The second-order valence-corrected chi connectivity index (χ2v) is 11.7. The molecule has 214 valence electrons. The predicted molar refractivity (Wildman–Crippen MR) is 155 cm³/mol. The van der Waals surface area contributed by atoms with Gasteiger partial charge in [0.05, 0.1) is 5.69 Å². The lowest BCUT2D eigenvalue weighted by atomic mass is 10.0. The molecule has 5 heterocycles. The van der Waals surface area contributed by atoms with Gasteiger partial charge in [-0.15, -0.1) is 0 Å². The number of hydrogen-bond donors (Lipinski definition) is 2. The quantitative estimate of drug-likeness (QED) is 0.456.